The molecule has 0 heterocycles. The summed E-state index contributed by atoms with van der Waals surface area (Å²) in [6, 6.07) is 5.27. The fourth-order valence-electron chi connectivity index (χ4n) is 1.97. The van der Waals surface area contributed by atoms with Gasteiger partial charge in [-0.1, -0.05) is 31.5 Å². The lowest BCUT2D eigenvalue weighted by molar-refractivity contribution is -0.138. The Balaban J connectivity index is 2.64. The van der Waals surface area contributed by atoms with Crippen LogP contribution >= 0.6 is 11.6 Å². The van der Waals surface area contributed by atoms with E-state index in [4.69, 9.17) is 16.7 Å². The van der Waals surface area contributed by atoms with E-state index in [-0.39, 0.29) is 24.9 Å². The summed E-state index contributed by atoms with van der Waals surface area (Å²) in [6.45, 7) is 6.27. The molecule has 0 aliphatic carbocycles. The van der Waals surface area contributed by atoms with Crippen molar-refractivity contribution in [2.24, 2.45) is 5.92 Å². The topological polar surface area (TPSA) is 69.6 Å². The zero-order chi connectivity index (χ0) is 16.0. The molecule has 1 rings (SSSR count). The summed E-state index contributed by atoms with van der Waals surface area (Å²) in [5.41, 5.74) is 1.54. The van der Waals surface area contributed by atoms with Gasteiger partial charge >= 0.3 is 5.97 Å². The van der Waals surface area contributed by atoms with Crippen LogP contribution in [0.4, 0.5) is 5.69 Å². The van der Waals surface area contributed by atoms with Crippen LogP contribution in [0.3, 0.4) is 0 Å². The second kappa shape index (κ2) is 8.00. The maximum atomic E-state index is 12.0. The van der Waals surface area contributed by atoms with Crippen molar-refractivity contribution in [2.75, 3.05) is 25.0 Å². The highest BCUT2D eigenvalue weighted by atomic mass is 35.5. The van der Waals surface area contributed by atoms with Crippen molar-refractivity contribution in [2.45, 2.75) is 20.8 Å². The number of hydrogen-bond acceptors (Lipinski definition) is 3. The molecule has 6 heteroatoms. The summed E-state index contributed by atoms with van der Waals surface area (Å²) < 4.78 is 0. The third-order valence-corrected chi connectivity index (χ3v) is 3.21. The molecule has 0 atom stereocenters. The van der Waals surface area contributed by atoms with Gasteiger partial charge in [-0.05, 0) is 30.5 Å². The second-order valence-corrected chi connectivity index (χ2v) is 5.88. The Labute approximate surface area is 129 Å². The summed E-state index contributed by atoms with van der Waals surface area (Å²) in [5.74, 6) is -0.912. The number of carboxylic acids is 1. The number of nitrogens with zero attached hydrogens (tertiary/aromatic N) is 1. The van der Waals surface area contributed by atoms with Gasteiger partial charge in [0.25, 0.3) is 0 Å². The van der Waals surface area contributed by atoms with Gasteiger partial charge in [0.05, 0.1) is 13.1 Å². The number of rotatable bonds is 7. The van der Waals surface area contributed by atoms with Gasteiger partial charge in [-0.3, -0.25) is 14.5 Å². The number of benzene rings is 1. The van der Waals surface area contributed by atoms with Crippen LogP contribution in [-0.2, 0) is 9.59 Å². The number of nitrogens with one attached hydrogen (secondary N) is 1. The summed E-state index contributed by atoms with van der Waals surface area (Å²) in [5, 5.41) is 12.2. The van der Waals surface area contributed by atoms with Crippen molar-refractivity contribution in [1.29, 1.82) is 0 Å². The van der Waals surface area contributed by atoms with Crippen LogP contribution in [0.1, 0.15) is 19.4 Å². The molecule has 1 aromatic carbocycles. The standard InChI is InChI=1S/C15H21ClN2O3/c1-10(2)7-18(9-15(20)21)8-14(19)17-12-5-4-11(3)13(16)6-12/h4-6,10H,7-9H2,1-3H3,(H,17,19)(H,20,21). The van der Waals surface area contributed by atoms with Gasteiger partial charge in [-0.25, -0.2) is 0 Å². The van der Waals surface area contributed by atoms with Crippen molar-refractivity contribution >= 4 is 29.2 Å². The first kappa shape index (κ1) is 17.5. The minimum Gasteiger partial charge on any atom is -0.480 e. The van der Waals surface area contributed by atoms with E-state index in [1.165, 1.54) is 0 Å². The molecule has 0 spiro atoms. The van der Waals surface area contributed by atoms with E-state index in [9.17, 15) is 9.59 Å². The summed E-state index contributed by atoms with van der Waals surface area (Å²) >= 11 is 6.00. The van der Waals surface area contributed by atoms with E-state index in [1.807, 2.05) is 26.8 Å². The Morgan fingerprint density at radius 3 is 2.52 bits per heavy atom. The van der Waals surface area contributed by atoms with Crippen LogP contribution in [0.15, 0.2) is 18.2 Å². The van der Waals surface area contributed by atoms with Crippen molar-refractivity contribution in [3.63, 3.8) is 0 Å². The molecule has 0 saturated carbocycles. The number of carbonyl (C=O) groups is 2. The maximum Gasteiger partial charge on any atom is 0.317 e. The smallest absolute Gasteiger partial charge is 0.317 e. The molecule has 1 aromatic rings. The molecule has 2 N–H and O–H groups in total. The molecule has 21 heavy (non-hydrogen) atoms. The highest BCUT2D eigenvalue weighted by molar-refractivity contribution is 6.31. The van der Waals surface area contributed by atoms with Gasteiger partial charge in [0, 0.05) is 17.3 Å². The third kappa shape index (κ3) is 6.60. The van der Waals surface area contributed by atoms with Gasteiger partial charge in [-0.15, -0.1) is 0 Å². The largest absolute Gasteiger partial charge is 0.480 e. The molecule has 0 aliphatic heterocycles. The highest BCUT2D eigenvalue weighted by Gasteiger charge is 2.15. The zero-order valence-corrected chi connectivity index (χ0v) is 13.3. The number of aliphatic carboxylic acids is 1. The van der Waals surface area contributed by atoms with Crippen LogP contribution in [0.5, 0.6) is 0 Å². The Kier molecular flexibility index (Phi) is 6.65. The molecule has 1 amide bonds. The molecule has 0 fully saturated rings. The van der Waals surface area contributed by atoms with Crippen LogP contribution < -0.4 is 5.32 Å². The molecule has 0 saturated heterocycles. The first-order valence-corrected chi connectivity index (χ1v) is 7.16. The highest BCUT2D eigenvalue weighted by Crippen LogP contribution is 2.19. The van der Waals surface area contributed by atoms with E-state index < -0.39 is 5.97 Å². The fourth-order valence-corrected chi connectivity index (χ4v) is 2.15. The van der Waals surface area contributed by atoms with Gasteiger partial charge in [-0.2, -0.15) is 0 Å². The molecule has 5 nitrogen and oxygen atoms in total. The minimum absolute atomic E-state index is 0.0377. The first-order valence-electron chi connectivity index (χ1n) is 6.78. The zero-order valence-electron chi connectivity index (χ0n) is 12.5. The van der Waals surface area contributed by atoms with E-state index >= 15 is 0 Å². The molecule has 0 aliphatic rings. The van der Waals surface area contributed by atoms with Crippen molar-refractivity contribution < 1.29 is 14.7 Å². The average Bonchev–Trinajstić information content (AvgIpc) is 2.31. The maximum absolute atomic E-state index is 12.0. The van der Waals surface area contributed by atoms with Crippen LogP contribution in [0, 0.1) is 12.8 Å². The van der Waals surface area contributed by atoms with Crippen LogP contribution in [0.2, 0.25) is 5.02 Å². The molecule has 0 aromatic heterocycles. The van der Waals surface area contributed by atoms with E-state index in [0.717, 1.165) is 5.56 Å². The van der Waals surface area contributed by atoms with E-state index in [1.54, 1.807) is 17.0 Å². The lowest BCUT2D eigenvalue weighted by Crippen LogP contribution is -2.39. The van der Waals surface area contributed by atoms with Gasteiger partial charge < -0.3 is 10.4 Å². The van der Waals surface area contributed by atoms with Crippen molar-refractivity contribution in [3.8, 4) is 0 Å². The summed E-state index contributed by atoms with van der Waals surface area (Å²) in [7, 11) is 0. The monoisotopic (exact) mass is 312 g/mol. The fraction of sp³-hybridized carbons (Fsp3) is 0.467. The number of amides is 1. The molecular formula is C15H21ClN2O3. The number of carboxylic acid groups (broad SMARTS) is 1. The number of halogens is 1. The lowest BCUT2D eigenvalue weighted by Gasteiger charge is -2.21. The van der Waals surface area contributed by atoms with E-state index in [0.29, 0.717) is 17.3 Å². The Morgan fingerprint density at radius 2 is 2.00 bits per heavy atom. The number of aryl methyl sites for hydroxylation is 1. The predicted octanol–water partition coefficient (Wildman–Crippen LogP) is 2.63. The Bertz CT molecular complexity index is 518. The quantitative estimate of drug-likeness (QED) is 0.812. The molecule has 0 unspecified atom stereocenters. The number of carbonyl (C=O) groups excluding carboxylic acids is 1. The van der Waals surface area contributed by atoms with Gasteiger partial charge in [0.2, 0.25) is 5.91 Å². The molecule has 0 radical (unpaired) electrons. The molecule has 116 valence electrons. The lowest BCUT2D eigenvalue weighted by atomic mass is 10.2. The molecule has 0 bridgehead atoms. The van der Waals surface area contributed by atoms with Crippen molar-refractivity contribution in [3.05, 3.63) is 28.8 Å². The first-order chi connectivity index (χ1) is 9.77. The van der Waals surface area contributed by atoms with Gasteiger partial charge in [0.1, 0.15) is 0 Å². The van der Waals surface area contributed by atoms with Crippen LogP contribution in [0.25, 0.3) is 0 Å². The number of anilines is 1. The number of hydrogen-bond donors (Lipinski definition) is 2. The second-order valence-electron chi connectivity index (χ2n) is 5.47. The Hall–Kier alpha value is -1.59. The summed E-state index contributed by atoms with van der Waals surface area (Å²) in [6.07, 6.45) is 0. The summed E-state index contributed by atoms with van der Waals surface area (Å²) in [4.78, 5) is 24.4. The molecular weight excluding hydrogens is 292 g/mol. The normalized spacial score (nSPS) is 11.0. The van der Waals surface area contributed by atoms with Gasteiger partial charge in [0.15, 0.2) is 0 Å². The predicted molar refractivity (Wildman–Crippen MR) is 83.7 cm³/mol. The van der Waals surface area contributed by atoms with Crippen molar-refractivity contribution in [1.82, 2.24) is 4.90 Å². The van der Waals surface area contributed by atoms with E-state index in [2.05, 4.69) is 5.32 Å². The Morgan fingerprint density at radius 1 is 1.33 bits per heavy atom. The van der Waals surface area contributed by atoms with Crippen LogP contribution in [-0.4, -0.2) is 41.5 Å². The average molecular weight is 313 g/mol. The third-order valence-electron chi connectivity index (χ3n) is 2.81. The SMILES string of the molecule is Cc1ccc(NC(=O)CN(CC(=O)O)CC(C)C)cc1Cl. The minimum atomic E-state index is -0.943.